The molecule has 0 radical (unpaired) electrons. The van der Waals surface area contributed by atoms with Gasteiger partial charge >= 0.3 is 5.97 Å². The zero-order valence-corrected chi connectivity index (χ0v) is 13.2. The summed E-state index contributed by atoms with van der Waals surface area (Å²) < 4.78 is 4.75. The highest BCUT2D eigenvalue weighted by atomic mass is 16.5. The van der Waals surface area contributed by atoms with Crippen LogP contribution in [0.3, 0.4) is 0 Å². The fraction of sp³-hybridized carbons (Fsp3) is 0.933. The van der Waals surface area contributed by atoms with Gasteiger partial charge in [-0.2, -0.15) is 0 Å². The SMILES string of the molecule is CC.CC.CCCNC1CCC(C(=O)OC)CC1. The molecule has 0 aliphatic heterocycles. The van der Waals surface area contributed by atoms with E-state index in [2.05, 4.69) is 12.2 Å². The molecule has 1 aliphatic carbocycles. The normalized spacial score (nSPS) is 21.9. The molecule has 0 unspecified atom stereocenters. The van der Waals surface area contributed by atoms with E-state index in [0.717, 1.165) is 32.2 Å². The largest absolute Gasteiger partial charge is 0.469 e. The molecule has 18 heavy (non-hydrogen) atoms. The van der Waals surface area contributed by atoms with Crippen LogP contribution in [-0.4, -0.2) is 25.7 Å². The highest BCUT2D eigenvalue weighted by Crippen LogP contribution is 2.25. The van der Waals surface area contributed by atoms with Gasteiger partial charge in [0.05, 0.1) is 13.0 Å². The number of ether oxygens (including phenoxy) is 1. The molecule has 3 nitrogen and oxygen atoms in total. The number of carbonyl (C=O) groups excluding carboxylic acids is 1. The molecule has 0 saturated heterocycles. The molecule has 0 aromatic carbocycles. The van der Waals surface area contributed by atoms with Crippen molar-refractivity contribution in [2.24, 2.45) is 5.92 Å². The first kappa shape index (κ1) is 19.8. The van der Waals surface area contributed by atoms with E-state index in [4.69, 9.17) is 4.74 Å². The van der Waals surface area contributed by atoms with Crippen LogP contribution in [0.25, 0.3) is 0 Å². The molecule has 0 aromatic heterocycles. The van der Waals surface area contributed by atoms with E-state index in [-0.39, 0.29) is 11.9 Å². The molecular weight excluding hydrogens is 226 g/mol. The lowest BCUT2D eigenvalue weighted by molar-refractivity contribution is -0.146. The average molecular weight is 259 g/mol. The van der Waals surface area contributed by atoms with Crippen molar-refractivity contribution in [1.29, 1.82) is 0 Å². The zero-order valence-electron chi connectivity index (χ0n) is 13.2. The van der Waals surface area contributed by atoms with Crippen LogP contribution < -0.4 is 5.32 Å². The van der Waals surface area contributed by atoms with Gasteiger partial charge in [0.1, 0.15) is 0 Å². The second kappa shape index (κ2) is 14.5. The first-order valence-corrected chi connectivity index (χ1v) is 7.59. The molecule has 1 N–H and O–H groups in total. The van der Waals surface area contributed by atoms with Crippen LogP contribution >= 0.6 is 0 Å². The third kappa shape index (κ3) is 8.51. The summed E-state index contributed by atoms with van der Waals surface area (Å²) in [5.74, 6) is 0.124. The topological polar surface area (TPSA) is 38.3 Å². The Kier molecular flexibility index (Phi) is 15.9. The van der Waals surface area contributed by atoms with Gasteiger partial charge in [-0.25, -0.2) is 0 Å². The van der Waals surface area contributed by atoms with E-state index in [9.17, 15) is 4.79 Å². The number of hydrogen-bond donors (Lipinski definition) is 1. The van der Waals surface area contributed by atoms with E-state index >= 15 is 0 Å². The van der Waals surface area contributed by atoms with E-state index in [1.54, 1.807) is 0 Å². The van der Waals surface area contributed by atoms with Gasteiger partial charge < -0.3 is 10.1 Å². The molecule has 0 atom stereocenters. The van der Waals surface area contributed by atoms with Crippen LogP contribution in [0.2, 0.25) is 0 Å². The zero-order chi connectivity index (χ0) is 14.4. The minimum Gasteiger partial charge on any atom is -0.469 e. The summed E-state index contributed by atoms with van der Waals surface area (Å²) in [5.41, 5.74) is 0. The minimum atomic E-state index is -0.0288. The third-order valence-corrected chi connectivity index (χ3v) is 2.94. The molecule has 1 aliphatic rings. The number of esters is 1. The van der Waals surface area contributed by atoms with Gasteiger partial charge in [-0.05, 0) is 38.6 Å². The molecule has 0 spiro atoms. The van der Waals surface area contributed by atoms with E-state index in [1.807, 2.05) is 27.7 Å². The summed E-state index contributed by atoms with van der Waals surface area (Å²) in [6.45, 7) is 11.3. The molecule has 1 saturated carbocycles. The Balaban J connectivity index is 0. The van der Waals surface area contributed by atoms with Crippen molar-refractivity contribution in [2.75, 3.05) is 13.7 Å². The fourth-order valence-corrected chi connectivity index (χ4v) is 2.05. The lowest BCUT2D eigenvalue weighted by atomic mass is 9.86. The van der Waals surface area contributed by atoms with E-state index in [0.29, 0.717) is 6.04 Å². The van der Waals surface area contributed by atoms with Gasteiger partial charge in [-0.1, -0.05) is 34.6 Å². The third-order valence-electron chi connectivity index (χ3n) is 2.94. The van der Waals surface area contributed by atoms with Crippen molar-refractivity contribution in [3.63, 3.8) is 0 Å². The second-order valence-electron chi connectivity index (χ2n) is 4.03. The van der Waals surface area contributed by atoms with Crippen LogP contribution in [-0.2, 0) is 9.53 Å². The molecular formula is C15H33NO2. The first-order valence-electron chi connectivity index (χ1n) is 7.59. The van der Waals surface area contributed by atoms with Gasteiger partial charge in [-0.3, -0.25) is 4.79 Å². The Morgan fingerprint density at radius 3 is 2.00 bits per heavy atom. The van der Waals surface area contributed by atoms with Gasteiger partial charge in [0.25, 0.3) is 0 Å². The summed E-state index contributed by atoms with van der Waals surface area (Å²) >= 11 is 0. The predicted molar refractivity (Wildman–Crippen MR) is 78.8 cm³/mol. The van der Waals surface area contributed by atoms with Gasteiger partial charge in [0, 0.05) is 6.04 Å². The van der Waals surface area contributed by atoms with E-state index in [1.165, 1.54) is 13.5 Å². The van der Waals surface area contributed by atoms with Crippen molar-refractivity contribution in [1.82, 2.24) is 5.32 Å². The van der Waals surface area contributed by atoms with Gasteiger partial charge in [0.15, 0.2) is 0 Å². The first-order chi connectivity index (χ1) is 8.77. The maximum atomic E-state index is 11.2. The number of rotatable bonds is 4. The lowest BCUT2D eigenvalue weighted by Crippen LogP contribution is -2.35. The van der Waals surface area contributed by atoms with Gasteiger partial charge in [0.2, 0.25) is 0 Å². The summed E-state index contributed by atoms with van der Waals surface area (Å²) in [6, 6.07) is 0.621. The Labute approximate surface area is 114 Å². The number of hydrogen-bond acceptors (Lipinski definition) is 3. The molecule has 1 rings (SSSR count). The Morgan fingerprint density at radius 2 is 1.61 bits per heavy atom. The highest BCUT2D eigenvalue weighted by molar-refractivity contribution is 5.72. The van der Waals surface area contributed by atoms with Crippen molar-refractivity contribution < 1.29 is 9.53 Å². The van der Waals surface area contributed by atoms with Gasteiger partial charge in [-0.15, -0.1) is 0 Å². The molecule has 1 fully saturated rings. The second-order valence-corrected chi connectivity index (χ2v) is 4.03. The molecule has 0 amide bonds. The van der Waals surface area contributed by atoms with Crippen molar-refractivity contribution >= 4 is 5.97 Å². The monoisotopic (exact) mass is 259 g/mol. The van der Waals surface area contributed by atoms with Crippen molar-refractivity contribution in [3.8, 4) is 0 Å². The highest BCUT2D eigenvalue weighted by Gasteiger charge is 2.26. The minimum absolute atomic E-state index is 0.0288. The molecule has 3 heteroatoms. The summed E-state index contributed by atoms with van der Waals surface area (Å²) in [4.78, 5) is 11.2. The van der Waals surface area contributed by atoms with Crippen molar-refractivity contribution in [2.45, 2.75) is 72.8 Å². The lowest BCUT2D eigenvalue weighted by Gasteiger charge is -2.27. The standard InChI is InChI=1S/C11H21NO2.2C2H6/c1-3-8-12-10-6-4-9(5-7-10)11(13)14-2;2*1-2/h9-10,12H,3-8H2,1-2H3;2*1-2H3. The maximum Gasteiger partial charge on any atom is 0.308 e. The predicted octanol–water partition coefficient (Wildman–Crippen LogP) is 3.77. The van der Waals surface area contributed by atoms with Crippen molar-refractivity contribution in [3.05, 3.63) is 0 Å². The number of methoxy groups -OCH3 is 1. The average Bonchev–Trinajstić information content (AvgIpc) is 2.49. The number of nitrogens with one attached hydrogen (secondary N) is 1. The van der Waals surface area contributed by atoms with Crippen LogP contribution in [0.4, 0.5) is 0 Å². The molecule has 0 bridgehead atoms. The molecule has 0 aromatic rings. The van der Waals surface area contributed by atoms with Crippen LogP contribution in [0.1, 0.15) is 66.7 Å². The summed E-state index contributed by atoms with van der Waals surface area (Å²) in [7, 11) is 1.48. The number of carbonyl (C=O) groups is 1. The van der Waals surface area contributed by atoms with E-state index < -0.39 is 0 Å². The smallest absolute Gasteiger partial charge is 0.308 e. The Morgan fingerprint density at radius 1 is 1.11 bits per heavy atom. The Hall–Kier alpha value is -0.570. The molecule has 0 heterocycles. The van der Waals surface area contributed by atoms with Crippen LogP contribution in [0, 0.1) is 5.92 Å². The summed E-state index contributed by atoms with van der Waals surface area (Å²) in [6.07, 6.45) is 5.36. The fourth-order valence-electron chi connectivity index (χ4n) is 2.05. The van der Waals surface area contributed by atoms with Crippen LogP contribution in [0.15, 0.2) is 0 Å². The quantitative estimate of drug-likeness (QED) is 0.781. The van der Waals surface area contributed by atoms with Crippen LogP contribution in [0.5, 0.6) is 0 Å². The maximum absolute atomic E-state index is 11.2. The Bertz CT molecular complexity index is 175. The summed E-state index contributed by atoms with van der Waals surface area (Å²) in [5, 5.41) is 3.50. The molecule has 110 valence electrons.